The Hall–Kier alpha value is -3.22. The summed E-state index contributed by atoms with van der Waals surface area (Å²) >= 11 is 0. The van der Waals surface area contributed by atoms with Crippen molar-refractivity contribution in [2.24, 2.45) is 0 Å². The first-order chi connectivity index (χ1) is 16.6. The third-order valence-electron chi connectivity index (χ3n) is 7.34. The van der Waals surface area contributed by atoms with Crippen molar-refractivity contribution in [1.82, 2.24) is 23.9 Å². The highest BCUT2D eigenvalue weighted by Gasteiger charge is 2.19. The molecular formula is C28H31N5O. The van der Waals surface area contributed by atoms with Gasteiger partial charge in [-0.1, -0.05) is 36.4 Å². The van der Waals surface area contributed by atoms with Crippen molar-refractivity contribution in [3.63, 3.8) is 0 Å². The highest BCUT2D eigenvalue weighted by Crippen LogP contribution is 2.32. The molecule has 0 bridgehead atoms. The number of ketones is 1. The maximum Gasteiger partial charge on any atom is 0.141 e. The van der Waals surface area contributed by atoms with Crippen LogP contribution in [0.5, 0.6) is 0 Å². The number of hydrogen-bond acceptors (Lipinski definition) is 4. The summed E-state index contributed by atoms with van der Waals surface area (Å²) in [4.78, 5) is 22.1. The molecule has 2 aliphatic rings. The van der Waals surface area contributed by atoms with Gasteiger partial charge in [0.25, 0.3) is 0 Å². The number of fused-ring (bicyclic) bond motifs is 5. The lowest BCUT2D eigenvalue weighted by Gasteiger charge is -2.32. The van der Waals surface area contributed by atoms with E-state index >= 15 is 0 Å². The second-order valence-electron chi connectivity index (χ2n) is 9.83. The highest BCUT2D eigenvalue weighted by molar-refractivity contribution is 5.89. The third kappa shape index (κ3) is 4.19. The van der Waals surface area contributed by atoms with E-state index in [-0.39, 0.29) is 5.78 Å². The van der Waals surface area contributed by atoms with Crippen LogP contribution in [0.1, 0.15) is 16.7 Å². The van der Waals surface area contributed by atoms with Gasteiger partial charge in [0.15, 0.2) is 0 Å². The molecule has 4 heterocycles. The fourth-order valence-electron chi connectivity index (χ4n) is 5.33. The molecule has 2 aliphatic heterocycles. The summed E-state index contributed by atoms with van der Waals surface area (Å²) in [5.74, 6) is 0.259. The number of nitrogens with zero attached hydrogens (tertiary/aromatic N) is 5. The first-order valence-corrected chi connectivity index (χ1v) is 12.3. The summed E-state index contributed by atoms with van der Waals surface area (Å²) in [6.07, 6.45) is 4.79. The van der Waals surface area contributed by atoms with Gasteiger partial charge in [0.1, 0.15) is 5.78 Å². The lowest BCUT2D eigenvalue weighted by Crippen LogP contribution is -2.43. The first kappa shape index (κ1) is 21.3. The van der Waals surface area contributed by atoms with Crippen molar-refractivity contribution in [2.75, 3.05) is 33.2 Å². The Balaban J connectivity index is 1.11. The Labute approximate surface area is 200 Å². The smallest absolute Gasteiger partial charge is 0.141 e. The van der Waals surface area contributed by atoms with Crippen molar-refractivity contribution in [1.29, 1.82) is 0 Å². The van der Waals surface area contributed by atoms with E-state index in [1.54, 1.807) is 0 Å². The first-order valence-electron chi connectivity index (χ1n) is 12.3. The Morgan fingerprint density at radius 2 is 1.56 bits per heavy atom. The molecule has 0 radical (unpaired) electrons. The van der Waals surface area contributed by atoms with Gasteiger partial charge in [-0.05, 0) is 35.9 Å². The van der Waals surface area contributed by atoms with Gasteiger partial charge in [-0.3, -0.25) is 9.69 Å². The summed E-state index contributed by atoms with van der Waals surface area (Å²) in [6, 6.07) is 17.3. The normalized spacial score (nSPS) is 16.5. The average Bonchev–Trinajstić information content (AvgIpc) is 3.46. The van der Waals surface area contributed by atoms with Crippen LogP contribution in [0.4, 0.5) is 0 Å². The number of aryl methyl sites for hydroxylation is 2. The molecule has 1 saturated heterocycles. The topological polar surface area (TPSA) is 46.3 Å². The van der Waals surface area contributed by atoms with Gasteiger partial charge in [0, 0.05) is 69.6 Å². The fraction of sp³-hybridized carbons (Fsp3) is 0.357. The second-order valence-corrected chi connectivity index (χ2v) is 9.83. The van der Waals surface area contributed by atoms with Gasteiger partial charge in [0.2, 0.25) is 0 Å². The van der Waals surface area contributed by atoms with Crippen LogP contribution in [-0.4, -0.2) is 62.9 Å². The van der Waals surface area contributed by atoms with Crippen LogP contribution in [0.2, 0.25) is 0 Å². The molecule has 0 N–H and O–H groups in total. The Bertz CT molecular complexity index is 1320. The molecule has 0 amide bonds. The summed E-state index contributed by atoms with van der Waals surface area (Å²) in [5, 5.41) is 1.22. The van der Waals surface area contributed by atoms with Crippen molar-refractivity contribution >= 4 is 16.7 Å². The van der Waals surface area contributed by atoms with Crippen molar-refractivity contribution in [2.45, 2.75) is 32.5 Å². The number of Topliss-reactive ketones (excluding diaryl/α,β-unsaturated/α-hetero) is 1. The lowest BCUT2D eigenvalue weighted by molar-refractivity contribution is -0.117. The number of imidazole rings is 1. The minimum absolute atomic E-state index is 0.259. The van der Waals surface area contributed by atoms with Gasteiger partial charge in [-0.15, -0.1) is 0 Å². The SMILES string of the molecule is CN1CCN(Cc2ccc(CC(=O)Cc3ccc4cc5n(c4c3)CCn3cncc3-5)cc2)CC1. The zero-order valence-electron chi connectivity index (χ0n) is 19.8. The third-order valence-corrected chi connectivity index (χ3v) is 7.34. The van der Waals surface area contributed by atoms with Gasteiger partial charge in [-0.25, -0.2) is 4.98 Å². The molecule has 6 nitrogen and oxygen atoms in total. The minimum Gasteiger partial charge on any atom is -0.337 e. The van der Waals surface area contributed by atoms with Crippen LogP contribution >= 0.6 is 0 Å². The molecule has 2 aromatic heterocycles. The highest BCUT2D eigenvalue weighted by atomic mass is 16.1. The molecule has 6 heteroatoms. The van der Waals surface area contributed by atoms with E-state index in [0.29, 0.717) is 12.8 Å². The molecule has 4 aromatic rings. The van der Waals surface area contributed by atoms with Crippen molar-refractivity contribution in [3.05, 3.63) is 77.7 Å². The van der Waals surface area contributed by atoms with Gasteiger partial charge in [0.05, 0.1) is 23.9 Å². The molecule has 0 spiro atoms. The fourth-order valence-corrected chi connectivity index (χ4v) is 5.33. The van der Waals surface area contributed by atoms with E-state index in [2.05, 4.69) is 79.5 Å². The van der Waals surface area contributed by atoms with Crippen LogP contribution in [0.3, 0.4) is 0 Å². The molecule has 1 fully saturated rings. The maximum absolute atomic E-state index is 12.9. The number of hydrogen-bond donors (Lipinski definition) is 0. The van der Waals surface area contributed by atoms with Gasteiger partial charge < -0.3 is 14.0 Å². The summed E-state index contributed by atoms with van der Waals surface area (Å²) < 4.78 is 4.56. The van der Waals surface area contributed by atoms with Crippen LogP contribution in [0.25, 0.3) is 22.3 Å². The predicted molar refractivity (Wildman–Crippen MR) is 135 cm³/mol. The van der Waals surface area contributed by atoms with E-state index in [0.717, 1.165) is 62.6 Å². The standard InChI is InChI=1S/C28H31N5O/c1-30-8-10-31(11-9-30)19-22-4-2-21(3-5-22)14-25(34)15-23-6-7-24-17-27-28-18-29-20-32(28)12-13-33(27)26(24)16-23/h2-7,16-18,20H,8-15,19H2,1H3. The summed E-state index contributed by atoms with van der Waals surface area (Å²) in [5.41, 5.74) is 7.09. The zero-order valence-corrected chi connectivity index (χ0v) is 19.8. The van der Waals surface area contributed by atoms with Gasteiger partial charge >= 0.3 is 0 Å². The van der Waals surface area contributed by atoms with Crippen LogP contribution in [-0.2, 0) is 37.3 Å². The Morgan fingerprint density at radius 1 is 0.824 bits per heavy atom. The summed E-state index contributed by atoms with van der Waals surface area (Å²) in [7, 11) is 2.18. The number of carbonyl (C=O) groups is 1. The van der Waals surface area contributed by atoms with E-state index in [4.69, 9.17) is 0 Å². The number of piperazine rings is 1. The minimum atomic E-state index is 0.259. The van der Waals surface area contributed by atoms with E-state index < -0.39 is 0 Å². The molecule has 174 valence electrons. The average molecular weight is 454 g/mol. The number of carbonyl (C=O) groups excluding carboxylic acids is 1. The Morgan fingerprint density at radius 3 is 2.38 bits per heavy atom. The number of rotatable bonds is 6. The Kier molecular flexibility index (Phi) is 5.55. The van der Waals surface area contributed by atoms with E-state index in [1.165, 1.54) is 22.2 Å². The molecule has 0 atom stereocenters. The number of likely N-dealkylation sites (N-methyl/N-ethyl adjacent to an activating group) is 1. The second kappa shape index (κ2) is 8.85. The van der Waals surface area contributed by atoms with Crippen molar-refractivity contribution in [3.8, 4) is 11.4 Å². The molecule has 2 aromatic carbocycles. The molecular weight excluding hydrogens is 422 g/mol. The maximum atomic E-state index is 12.9. The lowest BCUT2D eigenvalue weighted by atomic mass is 10.0. The van der Waals surface area contributed by atoms with Crippen molar-refractivity contribution < 1.29 is 4.79 Å². The van der Waals surface area contributed by atoms with E-state index in [9.17, 15) is 4.79 Å². The molecule has 6 rings (SSSR count). The van der Waals surface area contributed by atoms with Crippen LogP contribution in [0.15, 0.2) is 61.1 Å². The molecule has 34 heavy (non-hydrogen) atoms. The number of aromatic nitrogens is 3. The molecule has 0 saturated carbocycles. The predicted octanol–water partition coefficient (Wildman–Crippen LogP) is 3.62. The van der Waals surface area contributed by atoms with Gasteiger partial charge in [-0.2, -0.15) is 0 Å². The molecule has 0 aliphatic carbocycles. The van der Waals surface area contributed by atoms with E-state index in [1.807, 2.05) is 12.5 Å². The van der Waals surface area contributed by atoms with Crippen LogP contribution < -0.4 is 0 Å². The molecule has 0 unspecified atom stereocenters. The monoisotopic (exact) mass is 453 g/mol. The van der Waals surface area contributed by atoms with Crippen LogP contribution in [0, 0.1) is 0 Å². The number of benzene rings is 2. The largest absolute Gasteiger partial charge is 0.337 e. The quantitative estimate of drug-likeness (QED) is 0.447. The zero-order chi connectivity index (χ0) is 23.1. The summed E-state index contributed by atoms with van der Waals surface area (Å²) in [6.45, 7) is 7.36.